The minimum Gasteiger partial charge on any atom is -0.487 e. The Morgan fingerprint density at radius 1 is 1.19 bits per heavy atom. The summed E-state index contributed by atoms with van der Waals surface area (Å²) in [4.78, 5) is 14.5. The van der Waals surface area contributed by atoms with Gasteiger partial charge in [0.05, 0.1) is 11.8 Å². The van der Waals surface area contributed by atoms with Gasteiger partial charge in [0.2, 0.25) is 0 Å². The van der Waals surface area contributed by atoms with Crippen LogP contribution in [-0.4, -0.2) is 16.1 Å². The molecule has 7 heteroatoms. The molecule has 1 aromatic heterocycles. The molecule has 0 unspecified atom stereocenters. The summed E-state index contributed by atoms with van der Waals surface area (Å²) in [6, 6.07) is 7.06. The predicted molar refractivity (Wildman–Crippen MR) is 88.2 cm³/mol. The summed E-state index contributed by atoms with van der Waals surface area (Å²) in [5.74, 6) is -0.897. The Hall–Kier alpha value is -2.57. The maximum atomic E-state index is 13.5. The smallest absolute Gasteiger partial charge is 0.416 e. The summed E-state index contributed by atoms with van der Waals surface area (Å²) < 4.78 is 45.8. The summed E-state index contributed by atoms with van der Waals surface area (Å²) in [6.45, 7) is -0.0534. The monoisotopic (exact) mass is 365 g/mol. The molecule has 1 N–H and O–H groups in total. The number of aromatic carboxylic acids is 1. The molecule has 1 heterocycles. The highest BCUT2D eigenvalue weighted by molar-refractivity contribution is 5.85. The molecule has 0 bridgehead atoms. The number of hydrogen-bond acceptors (Lipinski definition) is 3. The predicted octanol–water partition coefficient (Wildman–Crippen LogP) is 5.04. The quantitative estimate of drug-likeness (QED) is 0.807. The van der Waals surface area contributed by atoms with Crippen LogP contribution < -0.4 is 4.74 Å². The fraction of sp³-hybridized carbons (Fsp3) is 0.368. The number of ether oxygens (including phenoxy) is 1. The van der Waals surface area contributed by atoms with Gasteiger partial charge in [-0.05, 0) is 48.1 Å². The molecule has 1 aromatic carbocycles. The second kappa shape index (κ2) is 7.35. The molecule has 0 amide bonds. The zero-order valence-corrected chi connectivity index (χ0v) is 13.9. The van der Waals surface area contributed by atoms with Gasteiger partial charge in [0.1, 0.15) is 18.1 Å². The number of carboxylic acid groups (broad SMARTS) is 1. The average molecular weight is 365 g/mol. The van der Waals surface area contributed by atoms with Crippen LogP contribution in [0.4, 0.5) is 13.2 Å². The third-order valence-corrected chi connectivity index (χ3v) is 4.58. The zero-order valence-electron chi connectivity index (χ0n) is 13.9. The Balaban J connectivity index is 1.76. The van der Waals surface area contributed by atoms with Crippen LogP contribution in [0.3, 0.4) is 0 Å². The van der Waals surface area contributed by atoms with Crippen LogP contribution in [0.25, 0.3) is 0 Å². The van der Waals surface area contributed by atoms with E-state index in [0.717, 1.165) is 31.7 Å². The highest BCUT2D eigenvalue weighted by Gasteiger charge is 2.36. The van der Waals surface area contributed by atoms with Gasteiger partial charge < -0.3 is 9.84 Å². The molecule has 0 radical (unpaired) electrons. The van der Waals surface area contributed by atoms with E-state index >= 15 is 0 Å². The topological polar surface area (TPSA) is 59.4 Å². The first-order valence-electron chi connectivity index (χ1n) is 8.37. The van der Waals surface area contributed by atoms with E-state index in [9.17, 15) is 18.0 Å². The van der Waals surface area contributed by atoms with E-state index in [2.05, 4.69) is 4.98 Å². The van der Waals surface area contributed by atoms with Gasteiger partial charge in [-0.1, -0.05) is 25.0 Å². The maximum Gasteiger partial charge on any atom is 0.416 e. The first kappa shape index (κ1) is 18.2. The second-order valence-corrected chi connectivity index (χ2v) is 6.37. The zero-order chi connectivity index (χ0) is 18.7. The van der Waals surface area contributed by atoms with E-state index in [-0.39, 0.29) is 18.2 Å². The van der Waals surface area contributed by atoms with Crippen molar-refractivity contribution in [3.05, 3.63) is 58.9 Å². The van der Waals surface area contributed by atoms with Crippen molar-refractivity contribution >= 4 is 5.97 Å². The third-order valence-electron chi connectivity index (χ3n) is 4.58. The number of rotatable bonds is 5. The number of pyridine rings is 1. The van der Waals surface area contributed by atoms with Crippen molar-refractivity contribution < 1.29 is 27.8 Å². The third kappa shape index (κ3) is 4.15. The van der Waals surface area contributed by atoms with Gasteiger partial charge >= 0.3 is 12.1 Å². The SMILES string of the molecule is O=C(O)c1ccc(OCc2ccc(C3CCCC3)c(C(F)(F)F)c2)cn1. The molecule has 4 nitrogen and oxygen atoms in total. The number of nitrogens with zero attached hydrogens (tertiary/aromatic N) is 1. The second-order valence-electron chi connectivity index (χ2n) is 6.37. The summed E-state index contributed by atoms with van der Waals surface area (Å²) >= 11 is 0. The van der Waals surface area contributed by atoms with E-state index < -0.39 is 17.7 Å². The molecule has 0 spiro atoms. The molecule has 1 saturated carbocycles. The Kier molecular flexibility index (Phi) is 5.15. The molecule has 1 aliphatic rings. The van der Waals surface area contributed by atoms with Crippen LogP contribution in [0, 0.1) is 0 Å². The lowest BCUT2D eigenvalue weighted by atomic mass is 9.91. The standard InChI is InChI=1S/C19H18F3NO3/c20-19(21,22)16-9-12(5-7-15(16)13-3-1-2-4-13)11-26-14-6-8-17(18(24)25)23-10-14/h5-10,13H,1-4,11H2,(H,24,25). The first-order valence-corrected chi connectivity index (χ1v) is 8.37. The minimum absolute atomic E-state index is 0.0330. The number of hydrogen-bond donors (Lipinski definition) is 1. The van der Waals surface area contributed by atoms with Crippen molar-refractivity contribution in [2.45, 2.75) is 44.4 Å². The number of benzene rings is 1. The molecule has 0 saturated heterocycles. The summed E-state index contributed by atoms with van der Waals surface area (Å²) in [5, 5.41) is 8.80. The van der Waals surface area contributed by atoms with Crippen molar-refractivity contribution in [2.75, 3.05) is 0 Å². The van der Waals surface area contributed by atoms with Crippen LogP contribution in [-0.2, 0) is 12.8 Å². The van der Waals surface area contributed by atoms with Crippen molar-refractivity contribution in [1.29, 1.82) is 0 Å². The van der Waals surface area contributed by atoms with Gasteiger partial charge in [-0.25, -0.2) is 9.78 Å². The van der Waals surface area contributed by atoms with Gasteiger partial charge in [0.25, 0.3) is 0 Å². The lowest BCUT2D eigenvalue weighted by Crippen LogP contribution is -2.12. The Bertz CT molecular complexity index is 782. The maximum absolute atomic E-state index is 13.5. The fourth-order valence-corrected chi connectivity index (χ4v) is 3.29. The number of alkyl halides is 3. The van der Waals surface area contributed by atoms with Gasteiger partial charge in [-0.15, -0.1) is 0 Å². The summed E-state index contributed by atoms with van der Waals surface area (Å²) in [7, 11) is 0. The lowest BCUT2D eigenvalue weighted by Gasteiger charge is -2.19. The minimum atomic E-state index is -4.40. The molecule has 0 atom stereocenters. The largest absolute Gasteiger partial charge is 0.487 e. The normalized spacial score (nSPS) is 15.2. The van der Waals surface area contributed by atoms with Crippen LogP contribution in [0.5, 0.6) is 5.75 Å². The van der Waals surface area contributed by atoms with Crippen LogP contribution in [0.2, 0.25) is 0 Å². The fourth-order valence-electron chi connectivity index (χ4n) is 3.29. The van der Waals surface area contributed by atoms with Gasteiger partial charge in [-0.2, -0.15) is 13.2 Å². The van der Waals surface area contributed by atoms with Gasteiger partial charge in [0, 0.05) is 0 Å². The van der Waals surface area contributed by atoms with E-state index in [1.807, 2.05) is 0 Å². The molecule has 138 valence electrons. The molecular weight excluding hydrogens is 347 g/mol. The average Bonchev–Trinajstić information content (AvgIpc) is 3.14. The highest BCUT2D eigenvalue weighted by atomic mass is 19.4. The van der Waals surface area contributed by atoms with Crippen molar-refractivity contribution in [2.24, 2.45) is 0 Å². The molecule has 3 rings (SSSR count). The highest BCUT2D eigenvalue weighted by Crippen LogP contribution is 2.41. The number of carbonyl (C=O) groups is 1. The lowest BCUT2D eigenvalue weighted by molar-refractivity contribution is -0.138. The Labute approximate surface area is 148 Å². The van der Waals surface area contributed by atoms with E-state index in [4.69, 9.17) is 9.84 Å². The first-order chi connectivity index (χ1) is 12.3. The van der Waals surface area contributed by atoms with Crippen LogP contribution >= 0.6 is 0 Å². The van der Waals surface area contributed by atoms with Crippen LogP contribution in [0.1, 0.15) is 58.8 Å². The van der Waals surface area contributed by atoms with E-state index in [1.165, 1.54) is 18.3 Å². The number of carboxylic acids is 1. The van der Waals surface area contributed by atoms with E-state index in [1.54, 1.807) is 12.1 Å². The molecule has 1 aliphatic carbocycles. The van der Waals surface area contributed by atoms with Crippen molar-refractivity contribution in [1.82, 2.24) is 4.98 Å². The molecular formula is C19H18F3NO3. The molecule has 26 heavy (non-hydrogen) atoms. The Morgan fingerprint density at radius 3 is 2.50 bits per heavy atom. The molecule has 1 fully saturated rings. The van der Waals surface area contributed by atoms with E-state index in [0.29, 0.717) is 16.9 Å². The number of halogens is 3. The summed E-state index contributed by atoms with van der Waals surface area (Å²) in [5.41, 5.74) is 0.0510. The molecule has 2 aromatic rings. The van der Waals surface area contributed by atoms with Gasteiger partial charge in [0.15, 0.2) is 0 Å². The summed E-state index contributed by atoms with van der Waals surface area (Å²) in [6.07, 6.45) is 0.346. The molecule has 0 aliphatic heterocycles. The van der Waals surface area contributed by atoms with Crippen molar-refractivity contribution in [3.8, 4) is 5.75 Å². The van der Waals surface area contributed by atoms with Crippen LogP contribution in [0.15, 0.2) is 36.5 Å². The Morgan fingerprint density at radius 2 is 1.92 bits per heavy atom. The number of aromatic nitrogens is 1. The van der Waals surface area contributed by atoms with Crippen molar-refractivity contribution in [3.63, 3.8) is 0 Å². The van der Waals surface area contributed by atoms with Gasteiger partial charge in [-0.3, -0.25) is 0 Å².